The lowest BCUT2D eigenvalue weighted by molar-refractivity contribution is -0.137. The molecule has 0 saturated carbocycles. The normalized spacial score (nSPS) is 11.6. The lowest BCUT2D eigenvalue weighted by Gasteiger charge is -2.11. The molecule has 3 aromatic heterocycles. The fourth-order valence-electron chi connectivity index (χ4n) is 4.13. The van der Waals surface area contributed by atoms with Gasteiger partial charge in [-0.2, -0.15) is 13.2 Å². The Morgan fingerprint density at radius 3 is 2.36 bits per heavy atom. The van der Waals surface area contributed by atoms with E-state index in [1.807, 2.05) is 42.9 Å². The largest absolute Gasteiger partial charge is 0.439 e. The van der Waals surface area contributed by atoms with Gasteiger partial charge in [0.05, 0.1) is 16.6 Å². The average Bonchev–Trinajstić information content (AvgIpc) is 3.18. The van der Waals surface area contributed by atoms with Crippen LogP contribution in [0.25, 0.3) is 33.4 Å². The minimum Gasteiger partial charge on any atom is -0.439 e. The maximum absolute atomic E-state index is 13.0. The van der Waals surface area contributed by atoms with Crippen LogP contribution in [0.1, 0.15) is 5.56 Å². The van der Waals surface area contributed by atoms with Gasteiger partial charge < -0.3 is 20.4 Å². The van der Waals surface area contributed by atoms with Crippen molar-refractivity contribution in [3.05, 3.63) is 78.8 Å². The average molecular weight is 490 g/mol. The first kappa shape index (κ1) is 23.2. The SMILES string of the molecule is CNc1ccc(-c2c(-c3ccc(Oc4cccc(C(F)(F)F)c4)nc3)c3c(N)ncnc3n2C)cc1. The molecule has 3 N–H and O–H groups in total. The van der Waals surface area contributed by atoms with Crippen LogP contribution in [0.2, 0.25) is 0 Å². The van der Waals surface area contributed by atoms with Crippen molar-refractivity contribution in [1.29, 1.82) is 0 Å². The van der Waals surface area contributed by atoms with Crippen molar-refractivity contribution in [2.75, 3.05) is 18.1 Å². The van der Waals surface area contributed by atoms with Gasteiger partial charge in [0.2, 0.25) is 5.88 Å². The Hall–Kier alpha value is -4.60. The Kier molecular flexibility index (Phi) is 5.71. The Bertz CT molecular complexity index is 1540. The summed E-state index contributed by atoms with van der Waals surface area (Å²) in [6.45, 7) is 0. The smallest absolute Gasteiger partial charge is 0.416 e. The molecule has 0 aliphatic heterocycles. The molecule has 0 unspecified atom stereocenters. The van der Waals surface area contributed by atoms with Crippen molar-refractivity contribution in [3.63, 3.8) is 0 Å². The zero-order valence-electron chi connectivity index (χ0n) is 19.3. The molecule has 3 heterocycles. The van der Waals surface area contributed by atoms with Crippen LogP contribution in [-0.4, -0.2) is 26.6 Å². The Labute approximate surface area is 204 Å². The van der Waals surface area contributed by atoms with Crippen molar-refractivity contribution < 1.29 is 17.9 Å². The summed E-state index contributed by atoms with van der Waals surface area (Å²) < 4.78 is 46.6. The number of nitrogens with two attached hydrogens (primary N) is 1. The number of pyridine rings is 1. The number of hydrogen-bond donors (Lipinski definition) is 2. The number of fused-ring (bicyclic) bond motifs is 1. The van der Waals surface area contributed by atoms with Crippen molar-refractivity contribution in [1.82, 2.24) is 19.5 Å². The predicted octanol–water partition coefficient (Wildman–Crippen LogP) is 6.13. The molecule has 0 aliphatic rings. The van der Waals surface area contributed by atoms with Crippen LogP contribution in [0, 0.1) is 0 Å². The molecule has 10 heteroatoms. The molecule has 5 aromatic rings. The van der Waals surface area contributed by atoms with Gasteiger partial charge in [-0.15, -0.1) is 0 Å². The summed E-state index contributed by atoms with van der Waals surface area (Å²) >= 11 is 0. The molecule has 0 saturated heterocycles. The number of aryl methyl sites for hydroxylation is 1. The molecule has 0 atom stereocenters. The number of benzene rings is 2. The molecular formula is C26H21F3N6O. The van der Waals surface area contributed by atoms with E-state index in [9.17, 15) is 13.2 Å². The summed E-state index contributed by atoms with van der Waals surface area (Å²) in [5, 5.41) is 3.79. The minimum atomic E-state index is -4.46. The molecular weight excluding hydrogens is 469 g/mol. The van der Waals surface area contributed by atoms with E-state index in [1.165, 1.54) is 18.5 Å². The summed E-state index contributed by atoms with van der Waals surface area (Å²) in [7, 11) is 3.75. The van der Waals surface area contributed by atoms with Gasteiger partial charge in [-0.3, -0.25) is 0 Å². The quantitative estimate of drug-likeness (QED) is 0.308. The van der Waals surface area contributed by atoms with Gasteiger partial charge in [0.25, 0.3) is 0 Å². The summed E-state index contributed by atoms with van der Waals surface area (Å²) in [5.41, 5.74) is 10.4. The second-order valence-electron chi connectivity index (χ2n) is 8.08. The highest BCUT2D eigenvalue weighted by atomic mass is 19.4. The number of ether oxygens (including phenoxy) is 1. The fraction of sp³-hybridized carbons (Fsp3) is 0.115. The van der Waals surface area contributed by atoms with E-state index in [0.29, 0.717) is 16.9 Å². The maximum atomic E-state index is 13.0. The molecule has 0 fully saturated rings. The summed E-state index contributed by atoms with van der Waals surface area (Å²) in [4.78, 5) is 13.0. The summed E-state index contributed by atoms with van der Waals surface area (Å²) in [6.07, 6.45) is -1.45. The lowest BCUT2D eigenvalue weighted by atomic mass is 10.00. The molecule has 0 aliphatic carbocycles. The molecule has 36 heavy (non-hydrogen) atoms. The van der Waals surface area contributed by atoms with Gasteiger partial charge in [0, 0.05) is 43.2 Å². The molecule has 0 spiro atoms. The van der Waals surface area contributed by atoms with E-state index in [0.717, 1.165) is 40.2 Å². The molecule has 0 amide bonds. The number of alkyl halides is 3. The minimum absolute atomic E-state index is 0.0400. The third kappa shape index (κ3) is 4.17. The Balaban J connectivity index is 1.58. The molecule has 7 nitrogen and oxygen atoms in total. The highest BCUT2D eigenvalue weighted by Crippen LogP contribution is 2.42. The Morgan fingerprint density at radius 1 is 0.944 bits per heavy atom. The number of aromatic nitrogens is 4. The molecule has 182 valence electrons. The van der Waals surface area contributed by atoms with E-state index < -0.39 is 11.7 Å². The molecule has 0 radical (unpaired) electrons. The number of anilines is 2. The van der Waals surface area contributed by atoms with E-state index >= 15 is 0 Å². The predicted molar refractivity (Wildman–Crippen MR) is 133 cm³/mol. The monoisotopic (exact) mass is 490 g/mol. The van der Waals surface area contributed by atoms with Gasteiger partial charge in [-0.25, -0.2) is 15.0 Å². The van der Waals surface area contributed by atoms with E-state index in [2.05, 4.69) is 20.3 Å². The first-order valence-corrected chi connectivity index (χ1v) is 10.9. The van der Waals surface area contributed by atoms with Crippen molar-refractivity contribution >= 4 is 22.5 Å². The van der Waals surface area contributed by atoms with Crippen LogP contribution in [-0.2, 0) is 13.2 Å². The number of halogens is 3. The highest BCUT2D eigenvalue weighted by Gasteiger charge is 2.30. The second kappa shape index (κ2) is 8.88. The van der Waals surface area contributed by atoms with Gasteiger partial charge in [-0.1, -0.05) is 18.2 Å². The number of nitrogens with one attached hydrogen (secondary N) is 1. The zero-order chi connectivity index (χ0) is 25.4. The first-order valence-electron chi connectivity index (χ1n) is 10.9. The van der Waals surface area contributed by atoms with Crippen molar-refractivity contribution in [3.8, 4) is 34.0 Å². The summed E-state index contributed by atoms with van der Waals surface area (Å²) in [5.74, 6) is 0.522. The number of nitrogen functional groups attached to an aromatic ring is 1. The molecule has 5 rings (SSSR count). The van der Waals surface area contributed by atoms with Crippen molar-refractivity contribution in [2.24, 2.45) is 7.05 Å². The zero-order valence-corrected chi connectivity index (χ0v) is 19.3. The van der Waals surface area contributed by atoms with E-state index in [1.54, 1.807) is 18.3 Å². The number of nitrogens with zero attached hydrogens (tertiary/aromatic N) is 4. The molecule has 0 bridgehead atoms. The van der Waals surface area contributed by atoms with Gasteiger partial charge >= 0.3 is 6.18 Å². The van der Waals surface area contributed by atoms with Crippen LogP contribution in [0.15, 0.2) is 73.2 Å². The second-order valence-corrected chi connectivity index (χ2v) is 8.08. The number of rotatable bonds is 5. The van der Waals surface area contributed by atoms with Crippen molar-refractivity contribution in [2.45, 2.75) is 6.18 Å². The van der Waals surface area contributed by atoms with Crippen LogP contribution >= 0.6 is 0 Å². The third-order valence-electron chi connectivity index (χ3n) is 5.85. The van der Waals surface area contributed by atoms with Crippen LogP contribution in [0.5, 0.6) is 11.6 Å². The summed E-state index contributed by atoms with van der Waals surface area (Å²) in [6, 6.07) is 16.0. The van der Waals surface area contributed by atoms with Gasteiger partial charge in [0.15, 0.2) is 0 Å². The highest BCUT2D eigenvalue weighted by molar-refractivity contribution is 6.07. The van der Waals surface area contributed by atoms with Crippen LogP contribution in [0.4, 0.5) is 24.7 Å². The van der Waals surface area contributed by atoms with Crippen LogP contribution in [0.3, 0.4) is 0 Å². The van der Waals surface area contributed by atoms with Gasteiger partial charge in [0.1, 0.15) is 23.5 Å². The topological polar surface area (TPSA) is 90.9 Å². The Morgan fingerprint density at radius 2 is 1.69 bits per heavy atom. The number of hydrogen-bond acceptors (Lipinski definition) is 6. The van der Waals surface area contributed by atoms with E-state index in [4.69, 9.17) is 10.5 Å². The maximum Gasteiger partial charge on any atom is 0.416 e. The standard InChI is InChI=1S/C26H21F3N6O/c1-31-18-9-6-15(7-10-18)23-21(22-24(30)33-14-34-25(22)35(23)2)16-8-11-20(32-13-16)36-19-5-3-4-17(12-19)26(27,28)29/h3-14,31H,1-2H3,(H2,30,33,34). The first-order chi connectivity index (χ1) is 17.3. The van der Waals surface area contributed by atoms with Crippen LogP contribution < -0.4 is 15.8 Å². The van der Waals surface area contributed by atoms with Gasteiger partial charge in [-0.05, 0) is 42.0 Å². The third-order valence-corrected chi connectivity index (χ3v) is 5.85. The van der Waals surface area contributed by atoms with E-state index in [-0.39, 0.29) is 11.6 Å². The molecule has 2 aromatic carbocycles. The lowest BCUT2D eigenvalue weighted by Crippen LogP contribution is -2.04. The fourth-order valence-corrected chi connectivity index (χ4v) is 4.13.